The molecule has 0 unspecified atom stereocenters. The molecule has 2 saturated heterocycles. The van der Waals surface area contributed by atoms with E-state index in [1.807, 2.05) is 9.80 Å². The van der Waals surface area contributed by atoms with Gasteiger partial charge in [-0.05, 0) is 67.2 Å². The van der Waals surface area contributed by atoms with Crippen molar-refractivity contribution in [1.29, 1.82) is 0 Å². The number of hydrogen-bond acceptors (Lipinski definition) is 3. The zero-order chi connectivity index (χ0) is 23.7. The fourth-order valence-corrected chi connectivity index (χ4v) is 6.74. The minimum Gasteiger partial charge on any atom is -0.323 e. The molecule has 2 aliphatic heterocycles. The molecular formula is C25H26F4N4O. The highest BCUT2D eigenvalue weighted by Gasteiger charge is 2.58. The van der Waals surface area contributed by atoms with Crippen molar-refractivity contribution in [3.63, 3.8) is 0 Å². The molecule has 2 saturated carbocycles. The van der Waals surface area contributed by atoms with Gasteiger partial charge in [-0.3, -0.25) is 9.97 Å². The molecule has 2 spiro atoms. The number of pyridine rings is 2. The Morgan fingerprint density at radius 3 is 2.18 bits per heavy atom. The van der Waals surface area contributed by atoms with Crippen LogP contribution in [-0.4, -0.2) is 52.0 Å². The number of halogens is 4. The van der Waals surface area contributed by atoms with Gasteiger partial charge in [0.2, 0.25) is 0 Å². The maximum absolute atomic E-state index is 13.4. The van der Waals surface area contributed by atoms with E-state index in [0.717, 1.165) is 75.5 Å². The van der Waals surface area contributed by atoms with Crippen LogP contribution in [0.3, 0.4) is 0 Å². The number of carbonyl (C=O) groups is 1. The lowest BCUT2D eigenvalue weighted by molar-refractivity contribution is -0.141. The van der Waals surface area contributed by atoms with Gasteiger partial charge in [0, 0.05) is 49.4 Å². The van der Waals surface area contributed by atoms with Crippen molar-refractivity contribution in [1.82, 2.24) is 19.8 Å². The van der Waals surface area contributed by atoms with Crippen molar-refractivity contribution in [2.45, 2.75) is 44.2 Å². The second-order valence-corrected chi connectivity index (χ2v) is 11.1. The monoisotopic (exact) mass is 474 g/mol. The van der Waals surface area contributed by atoms with E-state index in [9.17, 15) is 22.4 Å². The average molecular weight is 475 g/mol. The summed E-state index contributed by atoms with van der Waals surface area (Å²) >= 11 is 0. The first-order chi connectivity index (χ1) is 16.1. The van der Waals surface area contributed by atoms with Crippen LogP contribution in [0.15, 0.2) is 36.8 Å². The molecule has 4 heterocycles. The second-order valence-electron chi connectivity index (χ2n) is 11.1. The van der Waals surface area contributed by atoms with Crippen LogP contribution in [0.4, 0.5) is 22.4 Å². The van der Waals surface area contributed by atoms with Gasteiger partial charge in [-0.1, -0.05) is 6.07 Å². The zero-order valence-corrected chi connectivity index (χ0v) is 18.7. The molecule has 6 rings (SSSR count). The van der Waals surface area contributed by atoms with Gasteiger partial charge in [0.1, 0.15) is 11.5 Å². The van der Waals surface area contributed by atoms with Crippen LogP contribution in [0.25, 0.3) is 0 Å². The Bertz CT molecular complexity index is 1090. The third kappa shape index (κ3) is 3.73. The number of amides is 2. The molecule has 0 atom stereocenters. The van der Waals surface area contributed by atoms with E-state index >= 15 is 0 Å². The van der Waals surface area contributed by atoms with Crippen molar-refractivity contribution in [3.8, 4) is 0 Å². The fraction of sp³-hybridized carbons (Fsp3) is 0.560. The molecule has 2 aliphatic carbocycles. The normalized spacial score (nSPS) is 23.3. The van der Waals surface area contributed by atoms with E-state index in [1.54, 1.807) is 12.3 Å². The van der Waals surface area contributed by atoms with Crippen LogP contribution in [-0.2, 0) is 12.6 Å². The van der Waals surface area contributed by atoms with Gasteiger partial charge >= 0.3 is 12.2 Å². The summed E-state index contributed by atoms with van der Waals surface area (Å²) in [5, 5.41) is 0. The molecule has 2 amide bonds. The van der Waals surface area contributed by atoms with Gasteiger partial charge in [0.05, 0.1) is 6.20 Å². The SMILES string of the molecule is O=C(N1CC2(CC(Cc3ccc(C(F)(F)F)nc3)C2)C1)N1CC2(CC(c3cncc(F)c3)C2)C1. The van der Waals surface area contributed by atoms with Crippen LogP contribution in [0.2, 0.25) is 0 Å². The maximum Gasteiger partial charge on any atom is 0.433 e. The van der Waals surface area contributed by atoms with Crippen LogP contribution in [0.1, 0.15) is 48.4 Å². The average Bonchev–Trinajstić information content (AvgIpc) is 2.66. The number of hydrogen-bond donors (Lipinski definition) is 0. The molecule has 180 valence electrons. The molecule has 5 nitrogen and oxygen atoms in total. The topological polar surface area (TPSA) is 49.3 Å². The fourth-order valence-electron chi connectivity index (χ4n) is 6.74. The Hall–Kier alpha value is -2.71. The van der Waals surface area contributed by atoms with Crippen LogP contribution >= 0.6 is 0 Å². The van der Waals surface area contributed by atoms with E-state index in [4.69, 9.17) is 0 Å². The van der Waals surface area contributed by atoms with Gasteiger partial charge in [-0.15, -0.1) is 0 Å². The number of nitrogens with zero attached hydrogens (tertiary/aromatic N) is 4. The highest BCUT2D eigenvalue weighted by atomic mass is 19.4. The summed E-state index contributed by atoms with van der Waals surface area (Å²) in [7, 11) is 0. The van der Waals surface area contributed by atoms with Crippen LogP contribution in [0.5, 0.6) is 0 Å². The van der Waals surface area contributed by atoms with Crippen LogP contribution < -0.4 is 0 Å². The largest absolute Gasteiger partial charge is 0.433 e. The third-order valence-corrected chi connectivity index (χ3v) is 8.29. The highest BCUT2D eigenvalue weighted by Crippen LogP contribution is 2.57. The van der Waals surface area contributed by atoms with Gasteiger partial charge in [0.25, 0.3) is 0 Å². The van der Waals surface area contributed by atoms with Crippen molar-refractivity contribution in [3.05, 3.63) is 59.4 Å². The van der Waals surface area contributed by atoms with Gasteiger partial charge in [0.15, 0.2) is 0 Å². The minimum atomic E-state index is -4.41. The summed E-state index contributed by atoms with van der Waals surface area (Å²) in [6.07, 6.45) is 4.59. The number of likely N-dealkylation sites (tertiary alicyclic amines) is 2. The molecular weight excluding hydrogens is 448 g/mol. The molecule has 4 aliphatic rings. The first kappa shape index (κ1) is 21.8. The highest BCUT2D eigenvalue weighted by molar-refractivity contribution is 5.77. The summed E-state index contributed by atoms with van der Waals surface area (Å²) in [5.41, 5.74) is 1.30. The molecule has 0 N–H and O–H groups in total. The predicted molar refractivity (Wildman–Crippen MR) is 115 cm³/mol. The number of urea groups is 1. The Labute approximate surface area is 195 Å². The van der Waals surface area contributed by atoms with Crippen molar-refractivity contribution in [2.75, 3.05) is 26.2 Å². The molecule has 0 radical (unpaired) electrons. The number of alkyl halides is 3. The van der Waals surface area contributed by atoms with Crippen molar-refractivity contribution < 1.29 is 22.4 Å². The van der Waals surface area contributed by atoms with E-state index < -0.39 is 11.9 Å². The van der Waals surface area contributed by atoms with Crippen LogP contribution in [0, 0.1) is 22.6 Å². The summed E-state index contributed by atoms with van der Waals surface area (Å²) in [5.74, 6) is 0.469. The Morgan fingerprint density at radius 1 is 0.971 bits per heavy atom. The first-order valence-corrected chi connectivity index (χ1v) is 11.8. The quantitative estimate of drug-likeness (QED) is 0.596. The molecule has 0 aromatic carbocycles. The molecule has 34 heavy (non-hydrogen) atoms. The summed E-state index contributed by atoms with van der Waals surface area (Å²) < 4.78 is 51.4. The summed E-state index contributed by atoms with van der Waals surface area (Å²) in [6, 6.07) is 4.24. The summed E-state index contributed by atoms with van der Waals surface area (Å²) in [6.45, 7) is 3.10. The smallest absolute Gasteiger partial charge is 0.323 e. The Kier molecular flexibility index (Phi) is 4.74. The van der Waals surface area contributed by atoms with E-state index in [1.165, 1.54) is 18.5 Å². The van der Waals surface area contributed by atoms with Crippen molar-refractivity contribution in [2.24, 2.45) is 16.7 Å². The van der Waals surface area contributed by atoms with Gasteiger partial charge < -0.3 is 9.80 Å². The number of aromatic nitrogens is 2. The maximum atomic E-state index is 13.4. The van der Waals surface area contributed by atoms with E-state index in [0.29, 0.717) is 11.8 Å². The lowest BCUT2D eigenvalue weighted by Gasteiger charge is -2.63. The molecule has 0 bridgehead atoms. The lowest BCUT2D eigenvalue weighted by atomic mass is 9.55. The zero-order valence-electron chi connectivity index (χ0n) is 18.7. The van der Waals surface area contributed by atoms with E-state index in [2.05, 4.69) is 9.97 Å². The summed E-state index contributed by atoms with van der Waals surface area (Å²) in [4.78, 5) is 24.2. The Morgan fingerprint density at radius 2 is 1.62 bits per heavy atom. The molecule has 9 heteroatoms. The first-order valence-electron chi connectivity index (χ1n) is 11.8. The van der Waals surface area contributed by atoms with Gasteiger partial charge in [-0.25, -0.2) is 9.18 Å². The minimum absolute atomic E-state index is 0.113. The van der Waals surface area contributed by atoms with E-state index in [-0.39, 0.29) is 22.7 Å². The predicted octanol–water partition coefficient (Wildman–Crippen LogP) is 4.89. The third-order valence-electron chi connectivity index (χ3n) is 8.29. The molecule has 2 aromatic rings. The number of carbonyl (C=O) groups excluding carboxylic acids is 1. The molecule has 4 fully saturated rings. The Balaban J connectivity index is 0.928. The number of rotatable bonds is 3. The standard InChI is InChI=1S/C25H26F4N4O/c26-20-4-18(10-30-11-20)19-7-24(8-19)14-33(15-24)22(34)32-12-23(13-32)5-17(6-23)3-16-1-2-21(31-9-16)25(27,28)29/h1-2,4,9-11,17,19H,3,5-8,12-15H2. The lowest BCUT2D eigenvalue weighted by Crippen LogP contribution is -2.70. The van der Waals surface area contributed by atoms with Gasteiger partial charge in [-0.2, -0.15) is 13.2 Å². The molecule has 2 aromatic heterocycles. The second kappa shape index (κ2) is 7.39. The van der Waals surface area contributed by atoms with Crippen molar-refractivity contribution >= 4 is 6.03 Å².